The Kier molecular flexibility index (Phi) is 3.23. The molecule has 0 radical (unpaired) electrons. The third kappa shape index (κ3) is 2.09. The summed E-state index contributed by atoms with van der Waals surface area (Å²) in [6, 6.07) is 4.87. The van der Waals surface area contributed by atoms with E-state index < -0.39 is 12.2 Å². The second-order valence-corrected chi connectivity index (χ2v) is 4.21. The van der Waals surface area contributed by atoms with Crippen LogP contribution in [0.25, 0.3) is 0 Å². The molecule has 1 heterocycles. The van der Waals surface area contributed by atoms with Crippen LogP contribution in [0, 0.1) is 0 Å². The second kappa shape index (κ2) is 4.49. The van der Waals surface area contributed by atoms with E-state index in [1.807, 2.05) is 0 Å². The minimum absolute atomic E-state index is 0.191. The first kappa shape index (κ1) is 11.5. The Hall–Kier alpha value is -0.970. The number of cyclic esters (lactones) is 1. The van der Waals surface area contributed by atoms with Crippen molar-refractivity contribution in [1.82, 2.24) is 0 Å². The molecule has 1 saturated heterocycles. The van der Waals surface area contributed by atoms with Crippen molar-refractivity contribution in [2.24, 2.45) is 0 Å². The average Bonchev–Trinajstić information content (AvgIpc) is 2.64. The third-order valence-electron chi connectivity index (χ3n) is 2.29. The zero-order valence-corrected chi connectivity index (χ0v) is 9.70. The van der Waals surface area contributed by atoms with Crippen LogP contribution in [0.4, 0.5) is 10.5 Å². The maximum atomic E-state index is 11.5. The Bertz CT molecular complexity index is 425. The zero-order valence-electron chi connectivity index (χ0n) is 8.19. The maximum Gasteiger partial charge on any atom is 0.414 e. The number of carbonyl (C=O) groups is 1. The van der Waals surface area contributed by atoms with Crippen LogP contribution in [0.5, 0.6) is 0 Å². The standard InChI is InChI=1S/C10H9Cl2NO3/c11-8-2-1-6(3-9(8)12)13-4-7(5-14)16-10(13)15/h1-3,7,14H,4-5H2. The number of nitrogens with zero attached hydrogens (tertiary/aromatic N) is 1. The van der Waals surface area contributed by atoms with Crippen molar-refractivity contribution in [2.45, 2.75) is 6.10 Å². The Labute approximate surface area is 102 Å². The molecular weight excluding hydrogens is 253 g/mol. The molecule has 0 spiro atoms. The topological polar surface area (TPSA) is 49.8 Å². The number of anilines is 1. The molecule has 1 aliphatic heterocycles. The average molecular weight is 262 g/mol. The molecule has 1 aromatic carbocycles. The molecule has 0 bridgehead atoms. The van der Waals surface area contributed by atoms with Crippen molar-refractivity contribution in [2.75, 3.05) is 18.1 Å². The van der Waals surface area contributed by atoms with E-state index in [1.54, 1.807) is 18.2 Å². The lowest BCUT2D eigenvalue weighted by Crippen LogP contribution is -2.25. The molecule has 4 nitrogen and oxygen atoms in total. The van der Waals surface area contributed by atoms with E-state index in [1.165, 1.54) is 4.90 Å². The third-order valence-corrected chi connectivity index (χ3v) is 3.03. The van der Waals surface area contributed by atoms with Crippen molar-refractivity contribution in [3.8, 4) is 0 Å². The summed E-state index contributed by atoms with van der Waals surface area (Å²) < 4.78 is 4.91. The van der Waals surface area contributed by atoms with Gasteiger partial charge in [0.15, 0.2) is 0 Å². The molecule has 1 N–H and O–H groups in total. The molecule has 6 heteroatoms. The molecule has 1 atom stereocenters. The van der Waals surface area contributed by atoms with Gasteiger partial charge in [0, 0.05) is 5.69 Å². The molecule has 0 aliphatic carbocycles. The van der Waals surface area contributed by atoms with Gasteiger partial charge < -0.3 is 9.84 Å². The summed E-state index contributed by atoms with van der Waals surface area (Å²) in [5, 5.41) is 9.70. The number of amides is 1. The zero-order chi connectivity index (χ0) is 11.7. The number of benzene rings is 1. The fourth-order valence-corrected chi connectivity index (χ4v) is 1.77. The van der Waals surface area contributed by atoms with Crippen LogP contribution < -0.4 is 4.90 Å². The van der Waals surface area contributed by atoms with Gasteiger partial charge in [-0.1, -0.05) is 23.2 Å². The fourth-order valence-electron chi connectivity index (χ4n) is 1.48. The molecule has 1 aromatic rings. The monoisotopic (exact) mass is 261 g/mol. The van der Waals surface area contributed by atoms with Gasteiger partial charge in [-0.2, -0.15) is 0 Å². The van der Waals surface area contributed by atoms with E-state index in [2.05, 4.69) is 0 Å². The molecule has 1 aliphatic rings. The molecule has 0 saturated carbocycles. The number of rotatable bonds is 2. The number of ether oxygens (including phenoxy) is 1. The maximum absolute atomic E-state index is 11.5. The summed E-state index contributed by atoms with van der Waals surface area (Å²) in [5.74, 6) is 0. The van der Waals surface area contributed by atoms with Crippen LogP contribution in [-0.4, -0.2) is 30.5 Å². The van der Waals surface area contributed by atoms with E-state index in [4.69, 9.17) is 33.0 Å². The number of hydrogen-bond donors (Lipinski definition) is 1. The van der Waals surface area contributed by atoms with Crippen LogP contribution >= 0.6 is 23.2 Å². The Morgan fingerprint density at radius 1 is 1.44 bits per heavy atom. The van der Waals surface area contributed by atoms with Gasteiger partial charge >= 0.3 is 6.09 Å². The summed E-state index contributed by atoms with van der Waals surface area (Å²) in [6.45, 7) is 0.122. The lowest BCUT2D eigenvalue weighted by atomic mass is 10.3. The quantitative estimate of drug-likeness (QED) is 0.889. The summed E-state index contributed by atoms with van der Waals surface area (Å²) in [4.78, 5) is 12.9. The number of halogens is 2. The molecule has 0 aromatic heterocycles. The minimum Gasteiger partial charge on any atom is -0.441 e. The smallest absolute Gasteiger partial charge is 0.414 e. The highest BCUT2D eigenvalue weighted by atomic mass is 35.5. The molecule has 1 unspecified atom stereocenters. The van der Waals surface area contributed by atoms with Gasteiger partial charge in [0.2, 0.25) is 0 Å². The van der Waals surface area contributed by atoms with E-state index >= 15 is 0 Å². The fraction of sp³-hybridized carbons (Fsp3) is 0.300. The van der Waals surface area contributed by atoms with Crippen molar-refractivity contribution in [1.29, 1.82) is 0 Å². The Balaban J connectivity index is 2.24. The first-order valence-electron chi connectivity index (χ1n) is 4.66. The van der Waals surface area contributed by atoms with Crippen LogP contribution in [0.1, 0.15) is 0 Å². The van der Waals surface area contributed by atoms with Gasteiger partial charge in [0.05, 0.1) is 23.2 Å². The van der Waals surface area contributed by atoms with E-state index in [9.17, 15) is 4.79 Å². The van der Waals surface area contributed by atoms with Gasteiger partial charge in [-0.05, 0) is 18.2 Å². The highest BCUT2D eigenvalue weighted by molar-refractivity contribution is 6.42. The molecule has 1 amide bonds. The van der Waals surface area contributed by atoms with Gasteiger partial charge in [-0.3, -0.25) is 4.90 Å². The van der Waals surface area contributed by atoms with Crippen molar-refractivity contribution in [3.63, 3.8) is 0 Å². The molecule has 1 fully saturated rings. The SMILES string of the molecule is O=C1OC(CO)CN1c1ccc(Cl)c(Cl)c1. The van der Waals surface area contributed by atoms with Crippen LogP contribution in [0.3, 0.4) is 0 Å². The summed E-state index contributed by atoms with van der Waals surface area (Å²) in [7, 11) is 0. The van der Waals surface area contributed by atoms with Gasteiger partial charge in [-0.15, -0.1) is 0 Å². The number of aliphatic hydroxyl groups is 1. The predicted octanol–water partition coefficient (Wildman–Crippen LogP) is 2.31. The summed E-state index contributed by atoms with van der Waals surface area (Å²) in [5.41, 5.74) is 0.607. The van der Waals surface area contributed by atoms with Gasteiger partial charge in [-0.25, -0.2) is 4.79 Å². The normalized spacial score (nSPS) is 20.1. The first-order valence-corrected chi connectivity index (χ1v) is 5.41. The Morgan fingerprint density at radius 2 is 2.19 bits per heavy atom. The van der Waals surface area contributed by atoms with E-state index in [-0.39, 0.29) is 6.61 Å². The van der Waals surface area contributed by atoms with Crippen molar-refractivity contribution < 1.29 is 14.6 Å². The van der Waals surface area contributed by atoms with Gasteiger partial charge in [0.25, 0.3) is 0 Å². The molecular formula is C10H9Cl2NO3. The van der Waals surface area contributed by atoms with Crippen LogP contribution in [0.2, 0.25) is 10.0 Å². The molecule has 2 rings (SSSR count). The van der Waals surface area contributed by atoms with E-state index in [0.29, 0.717) is 22.3 Å². The van der Waals surface area contributed by atoms with Crippen LogP contribution in [-0.2, 0) is 4.74 Å². The molecule has 86 valence electrons. The largest absolute Gasteiger partial charge is 0.441 e. The Morgan fingerprint density at radius 3 is 2.75 bits per heavy atom. The van der Waals surface area contributed by atoms with Crippen LogP contribution in [0.15, 0.2) is 18.2 Å². The predicted molar refractivity (Wildman–Crippen MR) is 61.2 cm³/mol. The van der Waals surface area contributed by atoms with Crippen molar-refractivity contribution >= 4 is 35.0 Å². The lowest BCUT2D eigenvalue weighted by molar-refractivity contribution is 0.0963. The number of hydrogen-bond acceptors (Lipinski definition) is 3. The summed E-state index contributed by atoms with van der Waals surface area (Å²) in [6.07, 6.45) is -0.973. The molecule has 16 heavy (non-hydrogen) atoms. The highest BCUT2D eigenvalue weighted by Gasteiger charge is 2.31. The number of carbonyl (C=O) groups excluding carboxylic acids is 1. The second-order valence-electron chi connectivity index (χ2n) is 3.40. The summed E-state index contributed by atoms with van der Waals surface area (Å²) >= 11 is 11.6. The number of aliphatic hydroxyl groups excluding tert-OH is 1. The van der Waals surface area contributed by atoms with Gasteiger partial charge in [0.1, 0.15) is 6.10 Å². The minimum atomic E-state index is -0.488. The van der Waals surface area contributed by atoms with Crippen molar-refractivity contribution in [3.05, 3.63) is 28.2 Å². The lowest BCUT2D eigenvalue weighted by Gasteiger charge is -2.13. The first-order chi connectivity index (χ1) is 7.61. The highest BCUT2D eigenvalue weighted by Crippen LogP contribution is 2.29. The van der Waals surface area contributed by atoms with E-state index in [0.717, 1.165) is 0 Å².